The summed E-state index contributed by atoms with van der Waals surface area (Å²) in [7, 11) is 2.02. The first-order chi connectivity index (χ1) is 4.62. The van der Waals surface area contributed by atoms with Crippen molar-refractivity contribution >= 4 is 12.4 Å². The fourth-order valence-electron chi connectivity index (χ4n) is 1.22. The van der Waals surface area contributed by atoms with Crippen molar-refractivity contribution in [2.75, 3.05) is 13.6 Å². The first-order valence-corrected chi connectivity index (χ1v) is 4.27. The van der Waals surface area contributed by atoms with Crippen LogP contribution in [0.5, 0.6) is 0 Å². The predicted octanol–water partition coefficient (Wildman–Crippen LogP) is 2.84. The minimum absolute atomic E-state index is 0. The number of unbranched alkanes of at least 4 members (excludes halogenated alkanes) is 1. The van der Waals surface area contributed by atoms with E-state index in [4.69, 9.17) is 0 Å². The molecule has 0 radical (unpaired) electrons. The third-order valence-electron chi connectivity index (χ3n) is 1.86. The molecular weight excluding hydrogens is 158 g/mol. The fourth-order valence-corrected chi connectivity index (χ4v) is 1.22. The van der Waals surface area contributed by atoms with Crippen LogP contribution < -0.4 is 5.32 Å². The Morgan fingerprint density at radius 3 is 2.18 bits per heavy atom. The summed E-state index contributed by atoms with van der Waals surface area (Å²) in [5.41, 5.74) is 0.491. The first-order valence-electron chi connectivity index (χ1n) is 4.27. The highest BCUT2D eigenvalue weighted by Gasteiger charge is 2.14. The van der Waals surface area contributed by atoms with Crippen molar-refractivity contribution in [2.24, 2.45) is 5.41 Å². The van der Waals surface area contributed by atoms with E-state index in [-0.39, 0.29) is 12.4 Å². The minimum Gasteiger partial charge on any atom is -0.319 e. The van der Waals surface area contributed by atoms with Gasteiger partial charge in [-0.25, -0.2) is 0 Å². The number of rotatable bonds is 5. The zero-order chi connectivity index (χ0) is 8.04. The molecule has 0 heterocycles. The first kappa shape index (κ1) is 13.8. The van der Waals surface area contributed by atoms with Crippen molar-refractivity contribution in [3.05, 3.63) is 0 Å². The Kier molecular flexibility index (Phi) is 8.70. The molecule has 1 N–H and O–H groups in total. The van der Waals surface area contributed by atoms with Crippen LogP contribution in [0.1, 0.15) is 40.0 Å². The topological polar surface area (TPSA) is 12.0 Å². The van der Waals surface area contributed by atoms with Gasteiger partial charge in [0.1, 0.15) is 0 Å². The van der Waals surface area contributed by atoms with Crippen LogP contribution in [-0.4, -0.2) is 13.6 Å². The molecule has 0 aliphatic rings. The molecule has 1 nitrogen and oxygen atoms in total. The van der Waals surface area contributed by atoms with E-state index in [1.54, 1.807) is 0 Å². The second-order valence-electron chi connectivity index (χ2n) is 3.80. The molecule has 0 saturated heterocycles. The lowest BCUT2D eigenvalue weighted by Gasteiger charge is -2.23. The Hall–Kier alpha value is 0.250. The molecule has 0 atom stereocenters. The van der Waals surface area contributed by atoms with E-state index in [0.717, 1.165) is 6.54 Å². The van der Waals surface area contributed by atoms with Gasteiger partial charge < -0.3 is 5.32 Å². The van der Waals surface area contributed by atoms with Gasteiger partial charge in [0.05, 0.1) is 0 Å². The molecule has 0 bridgehead atoms. The van der Waals surface area contributed by atoms with Gasteiger partial charge in [-0.15, -0.1) is 12.4 Å². The number of halogens is 1. The van der Waals surface area contributed by atoms with Crippen LogP contribution in [0.15, 0.2) is 0 Å². The normalized spacial score (nSPS) is 10.9. The second-order valence-corrected chi connectivity index (χ2v) is 3.80. The molecule has 0 aromatic rings. The minimum atomic E-state index is 0. The zero-order valence-corrected chi connectivity index (χ0v) is 9.05. The van der Waals surface area contributed by atoms with Crippen molar-refractivity contribution < 1.29 is 0 Å². The van der Waals surface area contributed by atoms with E-state index in [9.17, 15) is 0 Å². The smallest absolute Gasteiger partial charge is 0.0000488 e. The number of nitrogens with one attached hydrogen (secondary N) is 1. The van der Waals surface area contributed by atoms with Crippen LogP contribution in [0.4, 0.5) is 0 Å². The monoisotopic (exact) mass is 179 g/mol. The maximum atomic E-state index is 3.22. The van der Waals surface area contributed by atoms with Crippen LogP contribution in [0.2, 0.25) is 0 Å². The maximum absolute atomic E-state index is 3.22. The quantitative estimate of drug-likeness (QED) is 0.685. The summed E-state index contributed by atoms with van der Waals surface area (Å²) in [5.74, 6) is 0. The summed E-state index contributed by atoms with van der Waals surface area (Å²) in [4.78, 5) is 0. The van der Waals surface area contributed by atoms with Gasteiger partial charge in [-0.3, -0.25) is 0 Å². The molecule has 0 saturated carbocycles. The molecule has 0 aromatic carbocycles. The average Bonchev–Trinajstić information content (AvgIpc) is 1.84. The van der Waals surface area contributed by atoms with E-state index < -0.39 is 0 Å². The lowest BCUT2D eigenvalue weighted by Crippen LogP contribution is -2.26. The molecule has 0 rings (SSSR count). The summed E-state index contributed by atoms with van der Waals surface area (Å²) >= 11 is 0. The van der Waals surface area contributed by atoms with Gasteiger partial charge in [0.15, 0.2) is 0 Å². The van der Waals surface area contributed by atoms with Crippen LogP contribution >= 0.6 is 12.4 Å². The van der Waals surface area contributed by atoms with Gasteiger partial charge in [-0.2, -0.15) is 0 Å². The number of hydrogen-bond acceptors (Lipinski definition) is 1. The van der Waals surface area contributed by atoms with Crippen molar-refractivity contribution in [1.29, 1.82) is 0 Å². The fraction of sp³-hybridized carbons (Fsp3) is 1.00. The van der Waals surface area contributed by atoms with Gasteiger partial charge in [-0.1, -0.05) is 33.6 Å². The highest BCUT2D eigenvalue weighted by molar-refractivity contribution is 5.85. The Balaban J connectivity index is 0. The second kappa shape index (κ2) is 6.93. The molecule has 0 aromatic heterocycles. The van der Waals surface area contributed by atoms with Gasteiger partial charge in [0.2, 0.25) is 0 Å². The molecule has 0 aliphatic heterocycles. The summed E-state index contributed by atoms with van der Waals surface area (Å²) in [6, 6.07) is 0. The molecule has 0 spiro atoms. The summed E-state index contributed by atoms with van der Waals surface area (Å²) in [5, 5.41) is 3.22. The molecule has 0 aliphatic carbocycles. The Morgan fingerprint density at radius 2 is 1.82 bits per heavy atom. The SMILES string of the molecule is CCCCC(C)(C)CNC.Cl. The lowest BCUT2D eigenvalue weighted by atomic mass is 9.87. The Morgan fingerprint density at radius 1 is 1.27 bits per heavy atom. The molecule has 0 unspecified atom stereocenters. The van der Waals surface area contributed by atoms with E-state index in [1.165, 1.54) is 19.3 Å². The van der Waals surface area contributed by atoms with Crippen LogP contribution in [0.25, 0.3) is 0 Å². The highest BCUT2D eigenvalue weighted by atomic mass is 35.5. The number of hydrogen-bond donors (Lipinski definition) is 1. The Bertz CT molecular complexity index is 81.6. The largest absolute Gasteiger partial charge is 0.319 e. The summed E-state index contributed by atoms with van der Waals surface area (Å²) in [6.07, 6.45) is 4.01. The van der Waals surface area contributed by atoms with Gasteiger partial charge in [-0.05, 0) is 25.4 Å². The van der Waals surface area contributed by atoms with E-state index >= 15 is 0 Å². The molecule has 70 valence electrons. The van der Waals surface area contributed by atoms with Crippen LogP contribution in [0, 0.1) is 5.41 Å². The lowest BCUT2D eigenvalue weighted by molar-refractivity contribution is 0.314. The van der Waals surface area contributed by atoms with Crippen LogP contribution in [-0.2, 0) is 0 Å². The van der Waals surface area contributed by atoms with Crippen LogP contribution in [0.3, 0.4) is 0 Å². The van der Waals surface area contributed by atoms with E-state index in [1.807, 2.05) is 7.05 Å². The van der Waals surface area contributed by atoms with Crippen molar-refractivity contribution in [1.82, 2.24) is 5.32 Å². The molecule has 0 fully saturated rings. The highest BCUT2D eigenvalue weighted by Crippen LogP contribution is 2.21. The van der Waals surface area contributed by atoms with Crippen molar-refractivity contribution in [3.8, 4) is 0 Å². The zero-order valence-electron chi connectivity index (χ0n) is 8.24. The van der Waals surface area contributed by atoms with Gasteiger partial charge in [0.25, 0.3) is 0 Å². The molecule has 2 heteroatoms. The average molecular weight is 180 g/mol. The summed E-state index contributed by atoms with van der Waals surface area (Å²) < 4.78 is 0. The summed E-state index contributed by atoms with van der Waals surface area (Å²) in [6.45, 7) is 8.01. The third kappa shape index (κ3) is 8.15. The maximum Gasteiger partial charge on any atom is -0.0000488 e. The van der Waals surface area contributed by atoms with Gasteiger partial charge >= 0.3 is 0 Å². The molecular formula is C9H22ClN. The predicted molar refractivity (Wildman–Crippen MR) is 54.5 cm³/mol. The molecule has 0 amide bonds. The van der Waals surface area contributed by atoms with Gasteiger partial charge in [0, 0.05) is 0 Å². The van der Waals surface area contributed by atoms with E-state index in [2.05, 4.69) is 26.1 Å². The standard InChI is InChI=1S/C9H21N.ClH/c1-5-6-7-9(2,3)8-10-4;/h10H,5-8H2,1-4H3;1H. The van der Waals surface area contributed by atoms with Crippen molar-refractivity contribution in [3.63, 3.8) is 0 Å². The van der Waals surface area contributed by atoms with Crippen molar-refractivity contribution in [2.45, 2.75) is 40.0 Å². The third-order valence-corrected chi connectivity index (χ3v) is 1.86. The Labute approximate surface area is 77.4 Å². The van der Waals surface area contributed by atoms with E-state index in [0.29, 0.717) is 5.41 Å². The molecule has 11 heavy (non-hydrogen) atoms.